The SMILES string of the molecule is CC(O)C1CCCN(C(=O)c2ccn(-c3ccc([N+](=O)[O-])cc3)n2)C1. The van der Waals surface area contributed by atoms with Gasteiger partial charge in [-0.1, -0.05) is 0 Å². The number of nitro benzene ring substituents is 1. The van der Waals surface area contributed by atoms with E-state index in [0.717, 1.165) is 12.8 Å². The van der Waals surface area contributed by atoms with Crippen LogP contribution in [-0.2, 0) is 0 Å². The third-order valence-electron chi connectivity index (χ3n) is 4.56. The number of aliphatic hydroxyl groups excluding tert-OH is 1. The third kappa shape index (κ3) is 3.69. The van der Waals surface area contributed by atoms with Crippen LogP contribution >= 0.6 is 0 Å². The molecular weight excluding hydrogens is 324 g/mol. The van der Waals surface area contributed by atoms with E-state index in [1.807, 2.05) is 0 Å². The van der Waals surface area contributed by atoms with E-state index in [4.69, 9.17) is 0 Å². The zero-order chi connectivity index (χ0) is 18.0. The number of rotatable bonds is 4. The molecule has 2 unspecified atom stereocenters. The highest BCUT2D eigenvalue weighted by Gasteiger charge is 2.28. The Morgan fingerprint density at radius 1 is 1.36 bits per heavy atom. The lowest BCUT2D eigenvalue weighted by Gasteiger charge is -2.33. The predicted molar refractivity (Wildman–Crippen MR) is 90.5 cm³/mol. The lowest BCUT2D eigenvalue weighted by molar-refractivity contribution is -0.384. The van der Waals surface area contributed by atoms with Gasteiger partial charge in [0.15, 0.2) is 5.69 Å². The second-order valence-corrected chi connectivity index (χ2v) is 6.31. The molecule has 8 heteroatoms. The topological polar surface area (TPSA) is 102 Å². The largest absolute Gasteiger partial charge is 0.393 e. The van der Waals surface area contributed by atoms with Crippen molar-refractivity contribution in [3.05, 3.63) is 52.3 Å². The molecule has 1 N–H and O–H groups in total. The summed E-state index contributed by atoms with van der Waals surface area (Å²) in [5, 5.41) is 24.8. The normalized spacial score (nSPS) is 18.8. The number of nitro groups is 1. The number of amides is 1. The summed E-state index contributed by atoms with van der Waals surface area (Å²) in [4.78, 5) is 24.6. The summed E-state index contributed by atoms with van der Waals surface area (Å²) in [7, 11) is 0. The van der Waals surface area contributed by atoms with Crippen molar-refractivity contribution < 1.29 is 14.8 Å². The average Bonchev–Trinajstić information content (AvgIpc) is 3.11. The van der Waals surface area contributed by atoms with Crippen LogP contribution in [0.25, 0.3) is 5.69 Å². The van der Waals surface area contributed by atoms with Gasteiger partial charge in [-0.15, -0.1) is 0 Å². The Labute approximate surface area is 144 Å². The molecule has 1 fully saturated rings. The van der Waals surface area contributed by atoms with Crippen LogP contribution in [0.1, 0.15) is 30.3 Å². The van der Waals surface area contributed by atoms with Gasteiger partial charge < -0.3 is 10.0 Å². The molecule has 1 aromatic carbocycles. The molecule has 3 rings (SSSR count). The lowest BCUT2D eigenvalue weighted by Crippen LogP contribution is -2.43. The van der Waals surface area contributed by atoms with Gasteiger partial charge in [-0.05, 0) is 38.0 Å². The molecule has 1 aromatic heterocycles. The van der Waals surface area contributed by atoms with Gasteiger partial charge in [-0.2, -0.15) is 5.10 Å². The monoisotopic (exact) mass is 344 g/mol. The number of nitrogens with zero attached hydrogens (tertiary/aromatic N) is 4. The van der Waals surface area contributed by atoms with E-state index in [9.17, 15) is 20.0 Å². The molecule has 1 aliphatic heterocycles. The predicted octanol–water partition coefficient (Wildman–Crippen LogP) is 2.01. The Morgan fingerprint density at radius 2 is 2.08 bits per heavy atom. The maximum absolute atomic E-state index is 12.6. The Hall–Kier alpha value is -2.74. The highest BCUT2D eigenvalue weighted by Crippen LogP contribution is 2.21. The van der Waals surface area contributed by atoms with Crippen molar-refractivity contribution in [1.29, 1.82) is 0 Å². The second-order valence-electron chi connectivity index (χ2n) is 6.31. The number of non-ortho nitro benzene ring substituents is 1. The molecule has 25 heavy (non-hydrogen) atoms. The van der Waals surface area contributed by atoms with Crippen molar-refractivity contribution >= 4 is 11.6 Å². The molecule has 1 aliphatic rings. The first-order valence-electron chi connectivity index (χ1n) is 8.23. The zero-order valence-corrected chi connectivity index (χ0v) is 13.9. The molecule has 2 atom stereocenters. The first kappa shape index (κ1) is 17.1. The van der Waals surface area contributed by atoms with Gasteiger partial charge in [-0.25, -0.2) is 4.68 Å². The van der Waals surface area contributed by atoms with Gasteiger partial charge in [0.25, 0.3) is 11.6 Å². The molecule has 1 amide bonds. The van der Waals surface area contributed by atoms with E-state index in [-0.39, 0.29) is 17.5 Å². The standard InChI is InChI=1S/C17H20N4O4/c1-12(22)13-3-2-9-19(11-13)17(23)16-8-10-20(18-16)14-4-6-15(7-5-14)21(24)25/h4-8,10,12-13,22H,2-3,9,11H2,1H3. The summed E-state index contributed by atoms with van der Waals surface area (Å²) in [5.74, 6) is -0.0690. The van der Waals surface area contributed by atoms with Crippen molar-refractivity contribution in [1.82, 2.24) is 14.7 Å². The Bertz CT molecular complexity index is 769. The summed E-state index contributed by atoms with van der Waals surface area (Å²) in [6.07, 6.45) is 3.00. The smallest absolute Gasteiger partial charge is 0.274 e. The molecule has 0 spiro atoms. The minimum atomic E-state index is -0.462. The fourth-order valence-electron chi connectivity index (χ4n) is 3.06. The minimum Gasteiger partial charge on any atom is -0.393 e. The molecule has 1 saturated heterocycles. The molecule has 8 nitrogen and oxygen atoms in total. The number of aromatic nitrogens is 2. The zero-order valence-electron chi connectivity index (χ0n) is 13.9. The fourth-order valence-corrected chi connectivity index (χ4v) is 3.06. The van der Waals surface area contributed by atoms with E-state index in [0.29, 0.717) is 24.5 Å². The first-order valence-corrected chi connectivity index (χ1v) is 8.23. The number of carbonyl (C=O) groups excluding carboxylic acids is 1. The average molecular weight is 344 g/mol. The van der Waals surface area contributed by atoms with Gasteiger partial charge in [0.05, 0.1) is 16.7 Å². The van der Waals surface area contributed by atoms with Gasteiger partial charge in [-0.3, -0.25) is 14.9 Å². The van der Waals surface area contributed by atoms with Crippen molar-refractivity contribution in [2.75, 3.05) is 13.1 Å². The number of hydrogen-bond acceptors (Lipinski definition) is 5. The van der Waals surface area contributed by atoms with Crippen LogP contribution in [0, 0.1) is 16.0 Å². The minimum absolute atomic E-state index is 0.00434. The molecule has 0 aliphatic carbocycles. The summed E-state index contributed by atoms with van der Waals surface area (Å²) in [6.45, 7) is 2.94. The van der Waals surface area contributed by atoms with E-state index in [1.54, 1.807) is 36.2 Å². The van der Waals surface area contributed by atoms with Crippen molar-refractivity contribution in [2.45, 2.75) is 25.9 Å². The van der Waals surface area contributed by atoms with E-state index in [2.05, 4.69) is 5.10 Å². The van der Waals surface area contributed by atoms with Crippen molar-refractivity contribution in [2.24, 2.45) is 5.92 Å². The highest BCUT2D eigenvalue weighted by atomic mass is 16.6. The number of likely N-dealkylation sites (tertiary alicyclic amines) is 1. The molecule has 2 aromatic rings. The third-order valence-corrected chi connectivity index (χ3v) is 4.56. The van der Waals surface area contributed by atoms with Gasteiger partial charge in [0.2, 0.25) is 0 Å². The number of carbonyl (C=O) groups is 1. The Kier molecular flexibility index (Phi) is 4.80. The van der Waals surface area contributed by atoms with Crippen LogP contribution in [0.5, 0.6) is 0 Å². The quantitative estimate of drug-likeness (QED) is 0.675. The number of aliphatic hydroxyl groups is 1. The molecule has 132 valence electrons. The van der Waals surface area contributed by atoms with Gasteiger partial charge in [0, 0.05) is 37.3 Å². The first-order chi connectivity index (χ1) is 12.0. The van der Waals surface area contributed by atoms with Crippen molar-refractivity contribution in [3.8, 4) is 5.69 Å². The summed E-state index contributed by atoms with van der Waals surface area (Å²) >= 11 is 0. The maximum Gasteiger partial charge on any atom is 0.274 e. The van der Waals surface area contributed by atoms with Crippen LogP contribution in [0.4, 0.5) is 5.69 Å². The second kappa shape index (κ2) is 7.02. The number of hydrogen-bond donors (Lipinski definition) is 1. The van der Waals surface area contributed by atoms with E-state index >= 15 is 0 Å². The van der Waals surface area contributed by atoms with Crippen LogP contribution in [-0.4, -0.2) is 49.8 Å². The van der Waals surface area contributed by atoms with Crippen LogP contribution in [0.2, 0.25) is 0 Å². The van der Waals surface area contributed by atoms with E-state index < -0.39 is 11.0 Å². The van der Waals surface area contributed by atoms with Crippen LogP contribution in [0.3, 0.4) is 0 Å². The molecule has 0 saturated carbocycles. The maximum atomic E-state index is 12.6. The van der Waals surface area contributed by atoms with Gasteiger partial charge in [0.1, 0.15) is 0 Å². The van der Waals surface area contributed by atoms with Gasteiger partial charge >= 0.3 is 0 Å². The van der Waals surface area contributed by atoms with Crippen molar-refractivity contribution in [3.63, 3.8) is 0 Å². The molecule has 0 bridgehead atoms. The fraction of sp³-hybridized carbons (Fsp3) is 0.412. The number of piperidine rings is 1. The Balaban J connectivity index is 1.74. The summed E-state index contributed by atoms with van der Waals surface area (Å²) in [6, 6.07) is 7.61. The Morgan fingerprint density at radius 3 is 2.72 bits per heavy atom. The highest BCUT2D eigenvalue weighted by molar-refractivity contribution is 5.92. The summed E-state index contributed by atoms with van der Waals surface area (Å²) in [5.41, 5.74) is 0.972. The van der Waals surface area contributed by atoms with Crippen LogP contribution in [0.15, 0.2) is 36.5 Å². The number of benzene rings is 1. The summed E-state index contributed by atoms with van der Waals surface area (Å²) < 4.78 is 1.52. The van der Waals surface area contributed by atoms with Crippen LogP contribution < -0.4 is 0 Å². The molecular formula is C17H20N4O4. The lowest BCUT2D eigenvalue weighted by atomic mass is 9.93. The molecule has 2 heterocycles. The molecule has 0 radical (unpaired) electrons. The van der Waals surface area contributed by atoms with E-state index in [1.165, 1.54) is 16.8 Å².